The monoisotopic (exact) mass is 412 g/mol. The Morgan fingerprint density at radius 3 is 2.55 bits per heavy atom. The highest BCUT2D eigenvalue weighted by Gasteiger charge is 2.48. The van der Waals surface area contributed by atoms with Crippen LogP contribution < -0.4 is 11.2 Å². The number of ether oxygens (including phenoxy) is 4. The predicted molar refractivity (Wildman–Crippen MR) is 102 cm³/mol. The van der Waals surface area contributed by atoms with Gasteiger partial charge in [-0.15, -0.1) is 0 Å². The molecule has 0 bridgehead atoms. The second kappa shape index (κ2) is 10.5. The number of carbonyl (C=O) groups is 2. The van der Waals surface area contributed by atoms with Gasteiger partial charge in [-0.05, 0) is 20.3 Å². The van der Waals surface area contributed by atoms with Crippen LogP contribution in [0.4, 0.5) is 0 Å². The Bertz CT molecular complexity index is 830. The van der Waals surface area contributed by atoms with Crippen LogP contribution in [-0.4, -0.2) is 59.9 Å². The molecule has 1 unspecified atom stereocenters. The molecule has 1 aromatic rings. The third-order valence-corrected chi connectivity index (χ3v) is 4.65. The maximum Gasteiger partial charge on any atom is 0.330 e. The summed E-state index contributed by atoms with van der Waals surface area (Å²) in [5, 5.41) is 0. The van der Waals surface area contributed by atoms with E-state index < -0.39 is 41.8 Å². The highest BCUT2D eigenvalue weighted by atomic mass is 16.6. The number of hydrogen-bond donors (Lipinski definition) is 1. The summed E-state index contributed by atoms with van der Waals surface area (Å²) in [6.07, 6.45) is -1.05. The molecule has 29 heavy (non-hydrogen) atoms. The topological polar surface area (TPSA) is 126 Å². The molecule has 1 N–H and O–H groups in total. The Labute approximate surface area is 168 Å². The van der Waals surface area contributed by atoms with Crippen molar-refractivity contribution in [2.45, 2.75) is 64.6 Å². The first-order valence-corrected chi connectivity index (χ1v) is 9.55. The van der Waals surface area contributed by atoms with Crippen molar-refractivity contribution in [2.24, 2.45) is 0 Å². The van der Waals surface area contributed by atoms with Crippen LogP contribution >= 0.6 is 0 Å². The van der Waals surface area contributed by atoms with Gasteiger partial charge in [0.25, 0.3) is 5.56 Å². The molecular weight excluding hydrogens is 384 g/mol. The van der Waals surface area contributed by atoms with E-state index in [0.29, 0.717) is 18.6 Å². The summed E-state index contributed by atoms with van der Waals surface area (Å²) in [7, 11) is 1.52. The average molecular weight is 412 g/mol. The molecule has 0 aromatic carbocycles. The molecule has 2 rings (SSSR count). The number of esters is 1. The first-order valence-electron chi connectivity index (χ1n) is 9.55. The highest BCUT2D eigenvalue weighted by Crippen LogP contribution is 2.34. The molecule has 162 valence electrons. The van der Waals surface area contributed by atoms with E-state index in [1.54, 1.807) is 6.92 Å². The number of H-pyrrole nitrogens is 1. The van der Waals surface area contributed by atoms with Crippen LogP contribution in [0.15, 0.2) is 15.8 Å². The average Bonchev–Trinajstić information content (AvgIpc) is 3.00. The first-order chi connectivity index (χ1) is 13.8. The molecule has 0 spiro atoms. The maximum absolute atomic E-state index is 12.4. The van der Waals surface area contributed by atoms with Crippen LogP contribution in [0.2, 0.25) is 0 Å². The van der Waals surface area contributed by atoms with Gasteiger partial charge in [0.2, 0.25) is 0 Å². The van der Waals surface area contributed by atoms with Crippen LogP contribution in [0.1, 0.15) is 44.9 Å². The van der Waals surface area contributed by atoms with Gasteiger partial charge in [-0.25, -0.2) is 4.79 Å². The molecule has 1 saturated heterocycles. The molecule has 0 radical (unpaired) electrons. The zero-order chi connectivity index (χ0) is 21.6. The molecule has 1 aliphatic heterocycles. The number of nitrogens with one attached hydrogen (secondary N) is 1. The van der Waals surface area contributed by atoms with Crippen molar-refractivity contribution in [2.75, 3.05) is 20.3 Å². The zero-order valence-electron chi connectivity index (χ0n) is 17.1. The SMILES string of the molecule is CC[C@H]1O[C@@H](n2cc(C)c(=O)[nH]c2=O)[C@@H](OCCOC)C1OC(=O)CCC(C)=O. The van der Waals surface area contributed by atoms with Crippen LogP contribution in [0.3, 0.4) is 0 Å². The summed E-state index contributed by atoms with van der Waals surface area (Å²) >= 11 is 0. The molecule has 0 aliphatic carbocycles. The standard InChI is InChI=1S/C19H28N2O8/c1-5-13-15(29-14(23)7-6-12(3)22)16(27-9-8-26-4)18(28-13)21-10-11(2)17(24)20-19(21)25/h10,13,15-16,18H,5-9H2,1-4H3,(H,20,24,25)/t13-,15?,16+,18-/m1/s1. The Morgan fingerprint density at radius 1 is 1.21 bits per heavy atom. The van der Waals surface area contributed by atoms with E-state index in [2.05, 4.69) is 4.98 Å². The van der Waals surface area contributed by atoms with E-state index in [1.165, 1.54) is 24.8 Å². The minimum atomic E-state index is -0.898. The van der Waals surface area contributed by atoms with Gasteiger partial charge in [-0.2, -0.15) is 0 Å². The van der Waals surface area contributed by atoms with E-state index >= 15 is 0 Å². The van der Waals surface area contributed by atoms with Gasteiger partial charge in [0, 0.05) is 25.3 Å². The van der Waals surface area contributed by atoms with Gasteiger partial charge in [-0.3, -0.25) is 19.1 Å². The fourth-order valence-corrected chi connectivity index (χ4v) is 3.11. The number of rotatable bonds is 10. The van der Waals surface area contributed by atoms with Gasteiger partial charge in [0.15, 0.2) is 12.3 Å². The minimum absolute atomic E-state index is 0.0462. The minimum Gasteiger partial charge on any atom is -0.457 e. The van der Waals surface area contributed by atoms with Gasteiger partial charge >= 0.3 is 11.7 Å². The number of hydrogen-bond acceptors (Lipinski definition) is 8. The van der Waals surface area contributed by atoms with Crippen LogP contribution in [-0.2, 0) is 28.5 Å². The van der Waals surface area contributed by atoms with Crippen molar-refractivity contribution < 1.29 is 28.5 Å². The fraction of sp³-hybridized carbons (Fsp3) is 0.684. The largest absolute Gasteiger partial charge is 0.457 e. The van der Waals surface area contributed by atoms with Gasteiger partial charge < -0.3 is 23.7 Å². The zero-order valence-corrected chi connectivity index (χ0v) is 17.1. The van der Waals surface area contributed by atoms with Gasteiger partial charge in [0.05, 0.1) is 25.7 Å². The summed E-state index contributed by atoms with van der Waals surface area (Å²) in [6, 6.07) is 0. The molecule has 4 atom stereocenters. The molecule has 1 aromatic heterocycles. The smallest absolute Gasteiger partial charge is 0.330 e. The highest BCUT2D eigenvalue weighted by molar-refractivity contribution is 5.81. The van der Waals surface area contributed by atoms with Crippen LogP contribution in [0.25, 0.3) is 0 Å². The summed E-state index contributed by atoms with van der Waals surface area (Å²) in [4.78, 5) is 49.7. The molecule has 1 fully saturated rings. The molecule has 1 aliphatic rings. The number of methoxy groups -OCH3 is 1. The number of Topliss-reactive ketones (excluding diaryl/α,β-unsaturated/α-hetero) is 1. The van der Waals surface area contributed by atoms with E-state index in [0.717, 1.165) is 0 Å². The van der Waals surface area contributed by atoms with Gasteiger partial charge in [0.1, 0.15) is 11.9 Å². The number of ketones is 1. The van der Waals surface area contributed by atoms with Crippen molar-refractivity contribution in [3.05, 3.63) is 32.6 Å². The normalized spacial score (nSPS) is 23.9. The Balaban J connectivity index is 2.31. The molecule has 10 nitrogen and oxygen atoms in total. The van der Waals surface area contributed by atoms with E-state index in [9.17, 15) is 19.2 Å². The Morgan fingerprint density at radius 2 is 1.93 bits per heavy atom. The number of aryl methyl sites for hydroxylation is 1. The lowest BCUT2D eigenvalue weighted by Crippen LogP contribution is -2.42. The van der Waals surface area contributed by atoms with Gasteiger partial charge in [-0.1, -0.05) is 6.92 Å². The lowest BCUT2D eigenvalue weighted by molar-refractivity contribution is -0.159. The summed E-state index contributed by atoms with van der Waals surface area (Å²) in [6.45, 7) is 5.32. The number of aromatic nitrogens is 2. The van der Waals surface area contributed by atoms with E-state index in [1.807, 2.05) is 6.92 Å². The Hall–Kier alpha value is -2.30. The number of nitrogens with zero attached hydrogens (tertiary/aromatic N) is 1. The summed E-state index contributed by atoms with van der Waals surface area (Å²) in [5.41, 5.74) is -0.802. The van der Waals surface area contributed by atoms with E-state index in [-0.39, 0.29) is 25.2 Å². The molecule has 10 heteroatoms. The van der Waals surface area contributed by atoms with Crippen molar-refractivity contribution in [3.8, 4) is 0 Å². The third-order valence-electron chi connectivity index (χ3n) is 4.65. The molecular formula is C19H28N2O8. The molecule has 2 heterocycles. The lowest BCUT2D eigenvalue weighted by Gasteiger charge is -2.25. The third kappa shape index (κ3) is 5.84. The summed E-state index contributed by atoms with van der Waals surface area (Å²) in [5.74, 6) is -0.657. The second-order valence-electron chi connectivity index (χ2n) is 6.94. The second-order valence-corrected chi connectivity index (χ2v) is 6.94. The summed E-state index contributed by atoms with van der Waals surface area (Å²) < 4.78 is 23.7. The first kappa shape index (κ1) is 23.0. The van der Waals surface area contributed by atoms with Crippen molar-refractivity contribution >= 4 is 11.8 Å². The van der Waals surface area contributed by atoms with Crippen LogP contribution in [0, 0.1) is 6.92 Å². The van der Waals surface area contributed by atoms with Crippen LogP contribution in [0.5, 0.6) is 0 Å². The maximum atomic E-state index is 12.4. The Kier molecular flexibility index (Phi) is 8.30. The van der Waals surface area contributed by atoms with Crippen molar-refractivity contribution in [3.63, 3.8) is 0 Å². The molecule has 0 saturated carbocycles. The lowest BCUT2D eigenvalue weighted by atomic mass is 10.1. The van der Waals surface area contributed by atoms with Crippen molar-refractivity contribution in [1.29, 1.82) is 0 Å². The fourth-order valence-electron chi connectivity index (χ4n) is 3.11. The number of aromatic amines is 1. The predicted octanol–water partition coefficient (Wildman–Crippen LogP) is 0.465. The quantitative estimate of drug-likeness (QED) is 0.434. The number of carbonyl (C=O) groups excluding carboxylic acids is 2. The molecule has 0 amide bonds. The van der Waals surface area contributed by atoms with E-state index in [4.69, 9.17) is 18.9 Å². The van der Waals surface area contributed by atoms with Crippen molar-refractivity contribution in [1.82, 2.24) is 9.55 Å².